The molecule has 0 saturated carbocycles. The molecule has 10 heteroatoms. The molecule has 5 rings (SSSR count). The molecule has 0 amide bonds. The number of carbonyl (C=O) groups is 1. The molecule has 3 heterocycles. The standard InChI is InChI=1S/C24H19FN4O3S2/c25-16-7-6-15-8-17(26-18(15)9-16)11-24(22(31)32)13-34-21(29-24)12-33-23-27-19(10-20(30)28-23)14-4-2-1-3-5-14/h1-10,26H,11-13H2,(H,31,32)(H,27,28,30). The van der Waals surface area contributed by atoms with Gasteiger partial charge in [-0.05, 0) is 29.7 Å². The number of nitrogens with one attached hydrogen (secondary N) is 2. The highest BCUT2D eigenvalue weighted by atomic mass is 32.2. The first-order chi connectivity index (χ1) is 16.4. The number of H-pyrrole nitrogens is 2. The summed E-state index contributed by atoms with van der Waals surface area (Å²) in [4.78, 5) is 39.2. The van der Waals surface area contributed by atoms with Gasteiger partial charge in [0.15, 0.2) is 10.7 Å². The second kappa shape index (κ2) is 9.11. The number of aromatic amines is 2. The predicted octanol–water partition coefficient (Wildman–Crippen LogP) is 4.36. The maximum Gasteiger partial charge on any atom is 0.332 e. The maximum atomic E-state index is 13.5. The smallest absolute Gasteiger partial charge is 0.332 e. The molecule has 0 spiro atoms. The van der Waals surface area contributed by atoms with Crippen LogP contribution in [0.2, 0.25) is 0 Å². The monoisotopic (exact) mass is 494 g/mol. The Morgan fingerprint density at radius 3 is 2.76 bits per heavy atom. The quantitative estimate of drug-likeness (QED) is 0.260. The molecule has 172 valence electrons. The van der Waals surface area contributed by atoms with Crippen molar-refractivity contribution < 1.29 is 14.3 Å². The maximum absolute atomic E-state index is 13.5. The van der Waals surface area contributed by atoms with Gasteiger partial charge in [0.25, 0.3) is 5.56 Å². The molecule has 0 saturated heterocycles. The van der Waals surface area contributed by atoms with Crippen LogP contribution in [0.5, 0.6) is 0 Å². The van der Waals surface area contributed by atoms with Crippen molar-refractivity contribution in [3.63, 3.8) is 0 Å². The van der Waals surface area contributed by atoms with Gasteiger partial charge >= 0.3 is 5.97 Å². The van der Waals surface area contributed by atoms with Crippen LogP contribution >= 0.6 is 23.5 Å². The highest BCUT2D eigenvalue weighted by molar-refractivity contribution is 8.16. The number of hydrogen-bond acceptors (Lipinski definition) is 6. The van der Waals surface area contributed by atoms with E-state index in [-0.39, 0.29) is 23.6 Å². The van der Waals surface area contributed by atoms with E-state index in [2.05, 4.69) is 19.9 Å². The number of nitrogens with zero attached hydrogens (tertiary/aromatic N) is 2. The molecular formula is C24H19FN4O3S2. The molecule has 7 nitrogen and oxygen atoms in total. The predicted molar refractivity (Wildman–Crippen MR) is 133 cm³/mol. The second-order valence-corrected chi connectivity index (χ2v) is 9.94. The van der Waals surface area contributed by atoms with Gasteiger partial charge in [0.2, 0.25) is 0 Å². The average Bonchev–Trinajstić information content (AvgIpc) is 3.42. The Labute approximate surface area is 201 Å². The highest BCUT2D eigenvalue weighted by Crippen LogP contribution is 2.34. The fraction of sp³-hybridized carbons (Fsp3) is 0.167. The van der Waals surface area contributed by atoms with Crippen LogP contribution in [0.4, 0.5) is 4.39 Å². The second-order valence-electron chi connectivity index (χ2n) is 7.92. The van der Waals surface area contributed by atoms with Crippen molar-refractivity contribution in [1.82, 2.24) is 15.0 Å². The number of fused-ring (bicyclic) bond motifs is 1. The lowest BCUT2D eigenvalue weighted by Crippen LogP contribution is -2.39. The zero-order chi connectivity index (χ0) is 23.7. The third-order valence-electron chi connectivity index (χ3n) is 5.46. The number of rotatable bonds is 7. The number of aliphatic imine (C=N–C) groups is 1. The van der Waals surface area contributed by atoms with E-state index >= 15 is 0 Å². The van der Waals surface area contributed by atoms with E-state index in [1.807, 2.05) is 36.4 Å². The number of aliphatic carboxylic acids is 1. The normalized spacial score (nSPS) is 17.7. The zero-order valence-electron chi connectivity index (χ0n) is 17.7. The topological polar surface area (TPSA) is 111 Å². The highest BCUT2D eigenvalue weighted by Gasteiger charge is 2.43. The molecule has 34 heavy (non-hydrogen) atoms. The summed E-state index contributed by atoms with van der Waals surface area (Å²) in [5.74, 6) is -0.692. The summed E-state index contributed by atoms with van der Waals surface area (Å²) in [6.07, 6.45) is 0.165. The van der Waals surface area contributed by atoms with Crippen LogP contribution in [0.25, 0.3) is 22.2 Å². The van der Waals surface area contributed by atoms with E-state index in [1.165, 1.54) is 41.7 Å². The Bertz CT molecular complexity index is 1470. The fourth-order valence-electron chi connectivity index (χ4n) is 3.82. The Morgan fingerprint density at radius 1 is 1.15 bits per heavy atom. The zero-order valence-corrected chi connectivity index (χ0v) is 19.4. The van der Waals surface area contributed by atoms with E-state index in [4.69, 9.17) is 0 Å². The first-order valence-corrected chi connectivity index (χ1v) is 12.4. The van der Waals surface area contributed by atoms with E-state index in [9.17, 15) is 19.1 Å². The number of carboxylic acids is 1. The van der Waals surface area contributed by atoms with Gasteiger partial charge < -0.3 is 15.1 Å². The van der Waals surface area contributed by atoms with Crippen molar-refractivity contribution in [1.29, 1.82) is 0 Å². The summed E-state index contributed by atoms with van der Waals surface area (Å²) in [5.41, 5.74) is 1.14. The number of hydrogen-bond donors (Lipinski definition) is 3. The van der Waals surface area contributed by atoms with Crippen LogP contribution < -0.4 is 5.56 Å². The third kappa shape index (κ3) is 4.64. The van der Waals surface area contributed by atoms with E-state index < -0.39 is 11.5 Å². The van der Waals surface area contributed by atoms with Crippen molar-refractivity contribution in [2.45, 2.75) is 17.1 Å². The minimum Gasteiger partial charge on any atom is -0.479 e. The van der Waals surface area contributed by atoms with Crippen LogP contribution in [0.1, 0.15) is 5.69 Å². The lowest BCUT2D eigenvalue weighted by Gasteiger charge is -2.19. The summed E-state index contributed by atoms with van der Waals surface area (Å²) in [6, 6.07) is 17.1. The van der Waals surface area contributed by atoms with Crippen LogP contribution in [0.3, 0.4) is 0 Å². The Morgan fingerprint density at radius 2 is 1.97 bits per heavy atom. The molecule has 0 radical (unpaired) electrons. The largest absolute Gasteiger partial charge is 0.479 e. The average molecular weight is 495 g/mol. The van der Waals surface area contributed by atoms with Crippen LogP contribution in [0.15, 0.2) is 75.6 Å². The molecule has 0 fully saturated rings. The summed E-state index contributed by atoms with van der Waals surface area (Å²) in [5, 5.41) is 11.9. The molecule has 1 aliphatic heterocycles. The SMILES string of the molecule is O=C(O)C1(Cc2cc3ccc(F)cc3[nH]2)CSC(CSc2nc(-c3ccccc3)cc(=O)[nH]2)=N1. The van der Waals surface area contributed by atoms with Crippen molar-refractivity contribution >= 4 is 45.4 Å². The molecular weight excluding hydrogens is 475 g/mol. The number of aromatic nitrogens is 3. The van der Waals surface area contributed by atoms with Gasteiger partial charge in [0.1, 0.15) is 5.82 Å². The van der Waals surface area contributed by atoms with Gasteiger partial charge in [0, 0.05) is 40.8 Å². The summed E-state index contributed by atoms with van der Waals surface area (Å²) >= 11 is 2.69. The van der Waals surface area contributed by atoms with Gasteiger partial charge in [0.05, 0.1) is 10.7 Å². The summed E-state index contributed by atoms with van der Waals surface area (Å²) in [6.45, 7) is 0. The molecule has 1 unspecified atom stereocenters. The van der Waals surface area contributed by atoms with Gasteiger partial charge in [-0.25, -0.2) is 14.2 Å². The Hall–Kier alpha value is -3.37. The summed E-state index contributed by atoms with van der Waals surface area (Å²) in [7, 11) is 0. The lowest BCUT2D eigenvalue weighted by molar-refractivity contribution is -0.142. The molecule has 3 N–H and O–H groups in total. The molecule has 1 aliphatic rings. The van der Waals surface area contributed by atoms with Crippen LogP contribution in [-0.2, 0) is 11.2 Å². The Balaban J connectivity index is 1.34. The molecule has 2 aromatic heterocycles. The van der Waals surface area contributed by atoms with Gasteiger partial charge in [-0.3, -0.25) is 9.79 Å². The fourth-order valence-corrected chi connectivity index (χ4v) is 5.92. The number of carboxylic acid groups (broad SMARTS) is 1. The van der Waals surface area contributed by atoms with Crippen molar-refractivity contribution in [3.05, 3.63) is 82.5 Å². The van der Waals surface area contributed by atoms with E-state index in [0.717, 1.165) is 10.9 Å². The lowest BCUT2D eigenvalue weighted by atomic mass is 9.96. The molecule has 4 aromatic rings. The van der Waals surface area contributed by atoms with E-state index in [1.54, 1.807) is 6.07 Å². The molecule has 0 bridgehead atoms. The van der Waals surface area contributed by atoms with Crippen LogP contribution in [-0.4, -0.2) is 48.1 Å². The van der Waals surface area contributed by atoms with Gasteiger partial charge in [-0.1, -0.05) is 42.1 Å². The van der Waals surface area contributed by atoms with Crippen molar-refractivity contribution in [3.8, 4) is 11.3 Å². The van der Waals surface area contributed by atoms with E-state index in [0.29, 0.717) is 32.9 Å². The summed E-state index contributed by atoms with van der Waals surface area (Å²) < 4.78 is 13.5. The minimum absolute atomic E-state index is 0.165. The first kappa shape index (κ1) is 22.4. The van der Waals surface area contributed by atoms with Gasteiger partial charge in [-0.15, -0.1) is 11.8 Å². The van der Waals surface area contributed by atoms with Crippen molar-refractivity contribution in [2.75, 3.05) is 11.5 Å². The number of benzene rings is 2. The minimum atomic E-state index is -1.31. The Kier molecular flexibility index (Phi) is 6.01. The van der Waals surface area contributed by atoms with Gasteiger partial charge in [-0.2, -0.15) is 0 Å². The molecule has 2 aromatic carbocycles. The molecule has 1 atom stereocenters. The number of thioether (sulfide) groups is 2. The third-order valence-corrected chi connectivity index (χ3v) is 7.72. The molecule has 0 aliphatic carbocycles. The van der Waals surface area contributed by atoms with Crippen molar-refractivity contribution in [2.24, 2.45) is 4.99 Å². The number of halogens is 1. The first-order valence-electron chi connectivity index (χ1n) is 10.4. The van der Waals surface area contributed by atoms with Crippen LogP contribution in [0, 0.1) is 5.82 Å².